The Morgan fingerprint density at radius 2 is 1.22 bits per heavy atom. The van der Waals surface area contributed by atoms with E-state index >= 15 is 0 Å². The quantitative estimate of drug-likeness (QED) is 0.0744. The number of hydrogen-bond donors (Lipinski definition) is 0. The maximum absolute atomic E-state index is 5.19. The highest BCUT2D eigenvalue weighted by atomic mass is 14.8. The van der Waals surface area contributed by atoms with Gasteiger partial charge in [-0.3, -0.25) is 9.98 Å². The Hall–Kier alpha value is -6.38. The number of fused-ring (bicyclic) bond motifs is 1. The van der Waals surface area contributed by atoms with E-state index in [2.05, 4.69) is 130 Å². The Morgan fingerprint density at radius 3 is 1.87 bits per heavy atom. The van der Waals surface area contributed by atoms with Gasteiger partial charge >= 0.3 is 0 Å². The summed E-state index contributed by atoms with van der Waals surface area (Å²) < 4.78 is 0. The monoisotopic (exact) mass is 718 g/mol. The fraction of sp³-hybridized carbons (Fsp3) is 0.132. The highest BCUT2D eigenvalue weighted by Crippen LogP contribution is 2.34. The predicted octanol–water partition coefficient (Wildman–Crippen LogP) is 15.4. The summed E-state index contributed by atoms with van der Waals surface area (Å²) in [6.07, 6.45) is 11.8. The average Bonchev–Trinajstić information content (AvgIpc) is 3.24. The van der Waals surface area contributed by atoms with E-state index in [1.807, 2.05) is 96.3 Å². The summed E-state index contributed by atoms with van der Waals surface area (Å²) >= 11 is 0. The maximum atomic E-state index is 5.19. The summed E-state index contributed by atoms with van der Waals surface area (Å²) in [6.45, 7) is 26.4. The van der Waals surface area contributed by atoms with Crippen molar-refractivity contribution in [1.29, 1.82) is 0 Å². The second-order valence-electron chi connectivity index (χ2n) is 12.7. The lowest BCUT2D eigenvalue weighted by Crippen LogP contribution is -1.98. The predicted molar refractivity (Wildman–Crippen MR) is 245 cm³/mol. The molecule has 1 heterocycles. The van der Waals surface area contributed by atoms with Crippen LogP contribution in [0.1, 0.15) is 76.3 Å². The fourth-order valence-electron chi connectivity index (χ4n) is 6.16. The molecule has 6 aromatic rings. The summed E-state index contributed by atoms with van der Waals surface area (Å²) in [7, 11) is 0. The Balaban J connectivity index is 0.00000163. The van der Waals surface area contributed by atoms with Crippen molar-refractivity contribution in [1.82, 2.24) is 4.98 Å². The standard InChI is InChI=1S/C49H42N2.2C2H6/c1-7-9-23-47(34(3)4)49(51-36(6)38-18-11-10-12-19-38)40-26-24-39(25-27-40)45-29-44(35(5)28-41-20-14-13-17-37(41)8-2)30-46(31-45)48-32-42-21-15-16-22-43(42)33-50-48;2*1-2/h7-33H,1-3H2,4-6H3;2*1-2H3/b23-9-,35-28+,49-47-,51-36?;;. The smallest absolute Gasteiger partial charge is 0.0780 e. The molecule has 0 fully saturated rings. The second-order valence-corrected chi connectivity index (χ2v) is 12.7. The van der Waals surface area contributed by atoms with Gasteiger partial charge in [0.1, 0.15) is 0 Å². The third-order valence-corrected chi connectivity index (χ3v) is 8.98. The van der Waals surface area contributed by atoms with Crippen LogP contribution in [0.5, 0.6) is 0 Å². The maximum Gasteiger partial charge on any atom is 0.0780 e. The van der Waals surface area contributed by atoms with Gasteiger partial charge < -0.3 is 0 Å². The molecule has 1 aromatic heterocycles. The summed E-state index contributed by atoms with van der Waals surface area (Å²) in [5.74, 6) is 0. The number of aromatic nitrogens is 1. The molecule has 0 bridgehead atoms. The molecular formula is C53H54N2. The first kappa shape index (κ1) is 41.4. The molecule has 2 heteroatoms. The summed E-state index contributed by atoms with van der Waals surface area (Å²) in [5.41, 5.74) is 14.5. The molecule has 0 amide bonds. The molecule has 0 N–H and O–H groups in total. The molecule has 0 aliphatic carbocycles. The van der Waals surface area contributed by atoms with Crippen LogP contribution in [0, 0.1) is 0 Å². The van der Waals surface area contributed by atoms with E-state index in [9.17, 15) is 0 Å². The van der Waals surface area contributed by atoms with Gasteiger partial charge in [-0.1, -0.05) is 181 Å². The lowest BCUT2D eigenvalue weighted by Gasteiger charge is -2.14. The van der Waals surface area contributed by atoms with Crippen molar-refractivity contribution in [3.8, 4) is 22.4 Å². The molecule has 0 aliphatic heterocycles. The number of aliphatic imine (C=N–C) groups is 1. The molecular weight excluding hydrogens is 665 g/mol. The van der Waals surface area contributed by atoms with E-state index in [1.54, 1.807) is 6.08 Å². The van der Waals surface area contributed by atoms with Gasteiger partial charge in [0, 0.05) is 34.0 Å². The van der Waals surface area contributed by atoms with Crippen LogP contribution in [0.2, 0.25) is 0 Å². The van der Waals surface area contributed by atoms with Gasteiger partial charge in [-0.05, 0) is 94.9 Å². The van der Waals surface area contributed by atoms with E-state index in [4.69, 9.17) is 9.98 Å². The van der Waals surface area contributed by atoms with Crippen molar-refractivity contribution in [3.63, 3.8) is 0 Å². The van der Waals surface area contributed by atoms with Crippen molar-refractivity contribution in [2.75, 3.05) is 0 Å². The first-order valence-electron chi connectivity index (χ1n) is 19.2. The van der Waals surface area contributed by atoms with Crippen LogP contribution in [0.4, 0.5) is 0 Å². The molecule has 0 unspecified atom stereocenters. The van der Waals surface area contributed by atoms with Crippen molar-refractivity contribution in [3.05, 3.63) is 211 Å². The molecule has 55 heavy (non-hydrogen) atoms. The van der Waals surface area contributed by atoms with Crippen LogP contribution >= 0.6 is 0 Å². The molecule has 0 radical (unpaired) electrons. The molecule has 6 rings (SSSR count). The zero-order valence-electron chi connectivity index (χ0n) is 33.6. The van der Waals surface area contributed by atoms with Crippen LogP contribution in [0.25, 0.3) is 56.6 Å². The zero-order chi connectivity index (χ0) is 39.7. The lowest BCUT2D eigenvalue weighted by molar-refractivity contribution is 1.35. The van der Waals surface area contributed by atoms with E-state index in [0.717, 1.165) is 89.1 Å². The third-order valence-electron chi connectivity index (χ3n) is 8.98. The minimum Gasteiger partial charge on any atom is -0.256 e. The van der Waals surface area contributed by atoms with E-state index in [-0.39, 0.29) is 0 Å². The second kappa shape index (κ2) is 20.8. The minimum atomic E-state index is 0.864. The largest absolute Gasteiger partial charge is 0.256 e. The Labute approximate surface area is 330 Å². The highest BCUT2D eigenvalue weighted by molar-refractivity contribution is 6.02. The van der Waals surface area contributed by atoms with E-state index in [0.29, 0.717) is 0 Å². The first-order valence-corrected chi connectivity index (χ1v) is 19.2. The molecule has 0 spiro atoms. The van der Waals surface area contributed by atoms with Gasteiger partial charge in [0.05, 0.1) is 11.4 Å². The van der Waals surface area contributed by atoms with Crippen LogP contribution < -0.4 is 0 Å². The highest BCUT2D eigenvalue weighted by Gasteiger charge is 2.13. The number of nitrogens with zero attached hydrogens (tertiary/aromatic N) is 2. The Bertz CT molecular complexity index is 2360. The molecule has 0 saturated heterocycles. The Morgan fingerprint density at radius 1 is 0.600 bits per heavy atom. The van der Waals surface area contributed by atoms with Gasteiger partial charge in [0.15, 0.2) is 0 Å². The van der Waals surface area contributed by atoms with Gasteiger partial charge in [-0.15, -0.1) is 0 Å². The molecule has 0 aliphatic rings. The average molecular weight is 719 g/mol. The zero-order valence-corrected chi connectivity index (χ0v) is 33.6. The van der Waals surface area contributed by atoms with Crippen molar-refractivity contribution in [2.24, 2.45) is 4.99 Å². The summed E-state index contributed by atoms with van der Waals surface area (Å²) in [5, 5.41) is 2.28. The first-order chi connectivity index (χ1) is 26.8. The molecule has 276 valence electrons. The lowest BCUT2D eigenvalue weighted by atomic mass is 9.92. The topological polar surface area (TPSA) is 25.2 Å². The third kappa shape index (κ3) is 10.6. The fourth-order valence-corrected chi connectivity index (χ4v) is 6.16. The van der Waals surface area contributed by atoms with Gasteiger partial charge in [-0.25, -0.2) is 0 Å². The summed E-state index contributed by atoms with van der Waals surface area (Å²) in [6, 6.07) is 44.5. The van der Waals surface area contributed by atoms with Gasteiger partial charge in [0.2, 0.25) is 0 Å². The van der Waals surface area contributed by atoms with Crippen LogP contribution in [0.3, 0.4) is 0 Å². The summed E-state index contributed by atoms with van der Waals surface area (Å²) in [4.78, 5) is 10.1. The molecule has 5 aromatic carbocycles. The number of benzene rings is 5. The van der Waals surface area contributed by atoms with Crippen molar-refractivity contribution in [2.45, 2.75) is 48.5 Å². The minimum absolute atomic E-state index is 0.864. The molecule has 2 nitrogen and oxygen atoms in total. The SMILES string of the molecule is C=C/C=C\C(C(=C)C)=C(\N=C(C)c1ccccc1)c1ccc(-c2cc(/C(C)=C/c3ccccc3C=C)cc(-c3cc4ccccc4cn3)c2)cc1.CC.CC. The van der Waals surface area contributed by atoms with Crippen LogP contribution in [-0.2, 0) is 0 Å². The Kier molecular flexibility index (Phi) is 15.6. The number of rotatable bonds is 11. The number of allylic oxidation sites excluding steroid dienone is 6. The normalized spacial score (nSPS) is 11.8. The van der Waals surface area contributed by atoms with Crippen LogP contribution in [0.15, 0.2) is 188 Å². The van der Waals surface area contributed by atoms with Crippen molar-refractivity contribution < 1.29 is 0 Å². The van der Waals surface area contributed by atoms with Crippen molar-refractivity contribution >= 4 is 39.9 Å². The molecule has 0 atom stereocenters. The molecule has 0 saturated carbocycles. The van der Waals surface area contributed by atoms with Crippen LogP contribution in [-0.4, -0.2) is 10.7 Å². The number of pyridine rings is 1. The van der Waals surface area contributed by atoms with E-state index in [1.165, 1.54) is 0 Å². The van der Waals surface area contributed by atoms with Gasteiger partial charge in [0.25, 0.3) is 0 Å². The van der Waals surface area contributed by atoms with Gasteiger partial charge in [-0.2, -0.15) is 0 Å². The number of hydrogen-bond acceptors (Lipinski definition) is 2. The van der Waals surface area contributed by atoms with E-state index < -0.39 is 0 Å².